The summed E-state index contributed by atoms with van der Waals surface area (Å²) in [5, 5.41) is 9.04. The molecule has 0 aliphatic rings. The van der Waals surface area contributed by atoms with Crippen LogP contribution in [0, 0.1) is 0 Å². The molecule has 60 valence electrons. The third kappa shape index (κ3) is 1.61. The summed E-state index contributed by atoms with van der Waals surface area (Å²) >= 11 is 0. The van der Waals surface area contributed by atoms with Crippen LogP contribution >= 0.6 is 0 Å². The van der Waals surface area contributed by atoms with Gasteiger partial charge in [0.1, 0.15) is 19.4 Å². The first-order chi connectivity index (χ1) is 5.65. The third-order valence-electron chi connectivity index (χ3n) is 1.57. The Kier molecular flexibility index (Phi) is 2.43. The molecule has 2 nitrogen and oxygen atoms in total. The molecule has 1 aromatic carbocycles. The van der Waals surface area contributed by atoms with Crippen LogP contribution in [0.4, 0.5) is 0 Å². The minimum Gasteiger partial charge on any atom is -0.508 e. The largest absolute Gasteiger partial charge is 0.508 e. The van der Waals surface area contributed by atoms with Crippen molar-refractivity contribution in [1.82, 2.24) is 0 Å². The van der Waals surface area contributed by atoms with Crippen molar-refractivity contribution in [3.8, 4) is 5.75 Å². The molecule has 3 heteroatoms. The van der Waals surface area contributed by atoms with E-state index in [1.165, 1.54) is 7.11 Å². The number of ether oxygens (including phenoxy) is 1. The van der Waals surface area contributed by atoms with Gasteiger partial charge in [0.05, 0.1) is 7.11 Å². The summed E-state index contributed by atoms with van der Waals surface area (Å²) in [6.45, 7) is 3.39. The van der Waals surface area contributed by atoms with Crippen LogP contribution in [0.2, 0.25) is 0 Å². The van der Waals surface area contributed by atoms with E-state index in [1.807, 2.05) is 0 Å². The lowest BCUT2D eigenvalue weighted by Gasteiger charge is -2.06. The zero-order chi connectivity index (χ0) is 9.14. The fourth-order valence-electron chi connectivity index (χ4n) is 0.891. The predicted octanol–water partition coefficient (Wildman–Crippen LogP) is 1.02. The number of hydrogen-bond donors (Lipinski definition) is 1. The van der Waals surface area contributed by atoms with Gasteiger partial charge in [0.2, 0.25) is 0 Å². The van der Waals surface area contributed by atoms with Crippen molar-refractivity contribution < 1.29 is 9.84 Å². The molecule has 0 aromatic heterocycles. The highest BCUT2D eigenvalue weighted by atomic mass is 16.5. The van der Waals surface area contributed by atoms with Crippen molar-refractivity contribution >= 4 is 19.1 Å². The number of hydrogen-bond acceptors (Lipinski definition) is 2. The molecule has 0 aliphatic carbocycles. The van der Waals surface area contributed by atoms with Crippen molar-refractivity contribution in [3.05, 3.63) is 30.3 Å². The first kappa shape index (κ1) is 8.72. The number of rotatable bonds is 2. The second-order valence-corrected chi connectivity index (χ2v) is 2.40. The molecule has 0 aliphatic heterocycles. The Morgan fingerprint density at radius 2 is 2.25 bits per heavy atom. The summed E-state index contributed by atoms with van der Waals surface area (Å²) in [5.74, 6) is 0.552. The molecule has 0 amide bonds. The Balaban J connectivity index is 3.13. The summed E-state index contributed by atoms with van der Waals surface area (Å²) in [6.07, 6.45) is 0. The van der Waals surface area contributed by atoms with Gasteiger partial charge in [-0.3, -0.25) is 0 Å². The van der Waals surface area contributed by atoms with Gasteiger partial charge >= 0.3 is 0 Å². The Morgan fingerprint density at radius 1 is 1.58 bits per heavy atom. The summed E-state index contributed by atoms with van der Waals surface area (Å²) < 4.78 is 4.96. The van der Waals surface area contributed by atoms with Crippen molar-refractivity contribution in [2.24, 2.45) is 0 Å². The van der Waals surface area contributed by atoms with E-state index in [0.717, 1.165) is 0 Å². The van der Waals surface area contributed by atoms with Gasteiger partial charge in [-0.05, 0) is 6.07 Å². The topological polar surface area (TPSA) is 29.5 Å². The zero-order valence-electron chi connectivity index (χ0n) is 6.87. The summed E-state index contributed by atoms with van der Waals surface area (Å²) in [5.41, 5.74) is 1.16. The fourth-order valence-corrected chi connectivity index (χ4v) is 0.891. The molecule has 0 spiro atoms. The van der Waals surface area contributed by atoms with E-state index in [9.17, 15) is 0 Å². The van der Waals surface area contributed by atoms with Crippen LogP contribution in [-0.2, 0) is 0 Å². The van der Waals surface area contributed by atoms with Crippen molar-refractivity contribution in [3.63, 3.8) is 0 Å². The first-order valence-electron chi connectivity index (χ1n) is 3.47. The Morgan fingerprint density at radius 3 is 2.75 bits per heavy atom. The molecular formula is C9H9BO2. The molecule has 1 rings (SSSR count). The second kappa shape index (κ2) is 3.35. The van der Waals surface area contributed by atoms with Crippen LogP contribution in [-0.4, -0.2) is 20.1 Å². The van der Waals surface area contributed by atoms with E-state index in [0.29, 0.717) is 16.8 Å². The number of aliphatic hydroxyl groups is 1. The van der Waals surface area contributed by atoms with Gasteiger partial charge in [0.25, 0.3) is 0 Å². The van der Waals surface area contributed by atoms with E-state index in [-0.39, 0.29) is 5.76 Å². The standard InChI is InChI=1S/C9H9BO2/c1-6(11)7-3-4-8(10)9(5-7)12-2/h3-5,11H,1H2,2H3. The van der Waals surface area contributed by atoms with Gasteiger partial charge in [-0.2, -0.15) is 0 Å². The van der Waals surface area contributed by atoms with Crippen LogP contribution in [0.3, 0.4) is 0 Å². The second-order valence-electron chi connectivity index (χ2n) is 2.40. The molecule has 0 heterocycles. The lowest BCUT2D eigenvalue weighted by molar-refractivity contribution is 0.417. The molecule has 12 heavy (non-hydrogen) atoms. The predicted molar refractivity (Wildman–Crippen MR) is 50.0 cm³/mol. The minimum absolute atomic E-state index is 0.00769. The molecule has 2 radical (unpaired) electrons. The minimum atomic E-state index is 0.00769. The van der Waals surface area contributed by atoms with E-state index >= 15 is 0 Å². The monoisotopic (exact) mass is 160 g/mol. The van der Waals surface area contributed by atoms with Gasteiger partial charge in [-0.25, -0.2) is 0 Å². The van der Waals surface area contributed by atoms with Gasteiger partial charge in [0.15, 0.2) is 0 Å². The lowest BCUT2D eigenvalue weighted by Crippen LogP contribution is -2.06. The maximum absolute atomic E-state index is 9.04. The molecule has 0 saturated heterocycles. The van der Waals surface area contributed by atoms with Crippen molar-refractivity contribution in [2.75, 3.05) is 7.11 Å². The van der Waals surface area contributed by atoms with Crippen LogP contribution in [0.15, 0.2) is 24.8 Å². The summed E-state index contributed by atoms with van der Waals surface area (Å²) in [7, 11) is 7.09. The normalized spacial score (nSPS) is 9.42. The molecule has 0 saturated carbocycles. The molecule has 1 aromatic rings. The average molecular weight is 160 g/mol. The highest BCUT2D eigenvalue weighted by Crippen LogP contribution is 2.14. The van der Waals surface area contributed by atoms with Gasteiger partial charge in [-0.15, -0.1) is 0 Å². The molecule has 1 N–H and O–H groups in total. The number of aliphatic hydroxyl groups excluding tert-OH is 1. The van der Waals surface area contributed by atoms with E-state index in [2.05, 4.69) is 6.58 Å². The zero-order valence-corrected chi connectivity index (χ0v) is 6.87. The highest BCUT2D eigenvalue weighted by molar-refractivity contribution is 6.34. The number of methoxy groups -OCH3 is 1. The van der Waals surface area contributed by atoms with Crippen LogP contribution in [0.25, 0.3) is 5.76 Å². The Hall–Kier alpha value is -1.38. The summed E-state index contributed by atoms with van der Waals surface area (Å²) in [4.78, 5) is 0. The van der Waals surface area contributed by atoms with E-state index < -0.39 is 0 Å². The molecular weight excluding hydrogens is 151 g/mol. The fraction of sp³-hybridized carbons (Fsp3) is 0.111. The van der Waals surface area contributed by atoms with Crippen LogP contribution in [0.5, 0.6) is 5.75 Å². The van der Waals surface area contributed by atoms with Gasteiger partial charge in [0, 0.05) is 5.56 Å². The smallest absolute Gasteiger partial charge is 0.119 e. The highest BCUT2D eigenvalue weighted by Gasteiger charge is 2.00. The average Bonchev–Trinajstić information content (AvgIpc) is 2.05. The van der Waals surface area contributed by atoms with Gasteiger partial charge in [-0.1, -0.05) is 24.2 Å². The summed E-state index contributed by atoms with van der Waals surface area (Å²) in [6, 6.07) is 4.98. The molecule has 0 atom stereocenters. The SMILES string of the molecule is [B]c1ccc(C(=C)O)cc1OC. The maximum Gasteiger partial charge on any atom is 0.119 e. The molecule has 0 fully saturated rings. The maximum atomic E-state index is 9.04. The molecule has 0 bridgehead atoms. The van der Waals surface area contributed by atoms with E-state index in [4.69, 9.17) is 17.7 Å². The van der Waals surface area contributed by atoms with Crippen molar-refractivity contribution in [1.29, 1.82) is 0 Å². The Labute approximate surface area is 72.9 Å². The van der Waals surface area contributed by atoms with Gasteiger partial charge < -0.3 is 9.84 Å². The van der Waals surface area contributed by atoms with Crippen LogP contribution < -0.4 is 10.2 Å². The molecule has 0 unspecified atom stereocenters. The third-order valence-corrected chi connectivity index (χ3v) is 1.57. The quantitative estimate of drug-likeness (QED) is 0.516. The van der Waals surface area contributed by atoms with Crippen molar-refractivity contribution in [2.45, 2.75) is 0 Å². The number of benzene rings is 1. The van der Waals surface area contributed by atoms with Crippen LogP contribution in [0.1, 0.15) is 5.56 Å². The first-order valence-corrected chi connectivity index (χ1v) is 3.47. The Bertz CT molecular complexity index is 307. The lowest BCUT2D eigenvalue weighted by atomic mass is 9.93. The van der Waals surface area contributed by atoms with E-state index in [1.54, 1.807) is 18.2 Å².